The highest BCUT2D eigenvalue weighted by Gasteiger charge is 2.15. The quantitative estimate of drug-likeness (QED) is 0.911. The third-order valence-corrected chi connectivity index (χ3v) is 3.60. The van der Waals surface area contributed by atoms with Crippen LogP contribution in [0.4, 0.5) is 0 Å². The third kappa shape index (κ3) is 3.07. The predicted molar refractivity (Wildman–Crippen MR) is 79.7 cm³/mol. The van der Waals surface area contributed by atoms with E-state index in [4.69, 9.17) is 0 Å². The molecule has 1 unspecified atom stereocenters. The molecule has 4 heteroatoms. The summed E-state index contributed by atoms with van der Waals surface area (Å²) < 4.78 is 1.97. The molecule has 0 aliphatic carbocycles. The van der Waals surface area contributed by atoms with Crippen LogP contribution in [0, 0.1) is 13.8 Å². The molecule has 1 N–H and O–H groups in total. The molecule has 0 radical (unpaired) electrons. The Balaban J connectivity index is 2.22. The SMILES string of the molecule is CCc1cc(CC(O)c2ccc(C)nc2C)n(CC)n1. The minimum absolute atomic E-state index is 0.533. The van der Waals surface area contributed by atoms with Crippen LogP contribution in [0.2, 0.25) is 0 Å². The van der Waals surface area contributed by atoms with Gasteiger partial charge in [-0.05, 0) is 39.3 Å². The second kappa shape index (κ2) is 6.18. The summed E-state index contributed by atoms with van der Waals surface area (Å²) in [6.45, 7) is 8.90. The number of rotatable bonds is 5. The summed E-state index contributed by atoms with van der Waals surface area (Å²) in [6.07, 6.45) is 0.961. The summed E-state index contributed by atoms with van der Waals surface area (Å²) in [5.74, 6) is 0. The lowest BCUT2D eigenvalue weighted by molar-refractivity contribution is 0.174. The van der Waals surface area contributed by atoms with Crippen molar-refractivity contribution in [3.05, 3.63) is 46.5 Å². The zero-order valence-electron chi connectivity index (χ0n) is 12.7. The Kier molecular flexibility index (Phi) is 4.55. The molecule has 2 aromatic heterocycles. The van der Waals surface area contributed by atoms with Crippen LogP contribution >= 0.6 is 0 Å². The molecule has 0 saturated heterocycles. The molecule has 0 fully saturated rings. The van der Waals surface area contributed by atoms with Gasteiger partial charge >= 0.3 is 0 Å². The zero-order valence-corrected chi connectivity index (χ0v) is 12.7. The fourth-order valence-electron chi connectivity index (χ4n) is 2.48. The fourth-order valence-corrected chi connectivity index (χ4v) is 2.48. The minimum Gasteiger partial charge on any atom is -0.388 e. The molecule has 0 bridgehead atoms. The second-order valence-electron chi connectivity index (χ2n) is 5.14. The first-order chi connectivity index (χ1) is 9.55. The second-order valence-corrected chi connectivity index (χ2v) is 5.14. The van der Waals surface area contributed by atoms with Crippen LogP contribution in [0.25, 0.3) is 0 Å². The highest BCUT2D eigenvalue weighted by atomic mass is 16.3. The van der Waals surface area contributed by atoms with Gasteiger partial charge in [0.25, 0.3) is 0 Å². The van der Waals surface area contributed by atoms with E-state index in [2.05, 4.69) is 30.0 Å². The molecule has 1 atom stereocenters. The molecule has 0 aromatic carbocycles. The first kappa shape index (κ1) is 14.7. The topological polar surface area (TPSA) is 50.9 Å². The van der Waals surface area contributed by atoms with Crippen molar-refractivity contribution in [3.8, 4) is 0 Å². The van der Waals surface area contributed by atoms with E-state index < -0.39 is 6.10 Å². The van der Waals surface area contributed by atoms with E-state index in [1.54, 1.807) is 0 Å². The number of aromatic nitrogens is 3. The number of aliphatic hydroxyl groups excluding tert-OH is 1. The molecule has 0 spiro atoms. The minimum atomic E-state index is -0.533. The lowest BCUT2D eigenvalue weighted by atomic mass is 10.0. The van der Waals surface area contributed by atoms with Crippen LogP contribution < -0.4 is 0 Å². The lowest BCUT2D eigenvalue weighted by Crippen LogP contribution is -2.10. The number of hydrogen-bond donors (Lipinski definition) is 1. The maximum Gasteiger partial charge on any atom is 0.0862 e. The first-order valence-electron chi connectivity index (χ1n) is 7.23. The summed E-state index contributed by atoms with van der Waals surface area (Å²) >= 11 is 0. The monoisotopic (exact) mass is 273 g/mol. The summed E-state index contributed by atoms with van der Waals surface area (Å²) in [5.41, 5.74) is 4.93. The Morgan fingerprint density at radius 3 is 2.60 bits per heavy atom. The van der Waals surface area contributed by atoms with Crippen molar-refractivity contribution < 1.29 is 5.11 Å². The van der Waals surface area contributed by atoms with Gasteiger partial charge in [0.2, 0.25) is 0 Å². The fraction of sp³-hybridized carbons (Fsp3) is 0.500. The largest absolute Gasteiger partial charge is 0.388 e. The van der Waals surface area contributed by atoms with E-state index in [1.165, 1.54) is 0 Å². The Bertz CT molecular complexity index is 589. The molecule has 0 aliphatic rings. The Labute approximate surface area is 120 Å². The summed E-state index contributed by atoms with van der Waals surface area (Å²) in [5, 5.41) is 15.0. The van der Waals surface area contributed by atoms with Gasteiger partial charge in [0, 0.05) is 35.6 Å². The Hall–Kier alpha value is -1.68. The Morgan fingerprint density at radius 1 is 1.25 bits per heavy atom. The van der Waals surface area contributed by atoms with Crippen LogP contribution in [0.5, 0.6) is 0 Å². The Morgan fingerprint density at radius 2 is 2.00 bits per heavy atom. The van der Waals surface area contributed by atoms with E-state index in [0.29, 0.717) is 6.42 Å². The van der Waals surface area contributed by atoms with Crippen molar-refractivity contribution in [2.24, 2.45) is 0 Å². The standard InChI is InChI=1S/C16H23N3O/c1-5-13-9-14(19(6-2)18-13)10-16(20)15-8-7-11(3)17-12(15)4/h7-9,16,20H,5-6,10H2,1-4H3. The van der Waals surface area contributed by atoms with Gasteiger partial charge in [-0.1, -0.05) is 13.0 Å². The van der Waals surface area contributed by atoms with Gasteiger partial charge < -0.3 is 5.11 Å². The van der Waals surface area contributed by atoms with Crippen molar-refractivity contribution in [2.75, 3.05) is 0 Å². The van der Waals surface area contributed by atoms with Crippen LogP contribution in [0.15, 0.2) is 18.2 Å². The molecule has 2 rings (SSSR count). The molecule has 0 amide bonds. The third-order valence-electron chi connectivity index (χ3n) is 3.60. The highest BCUT2D eigenvalue weighted by Crippen LogP contribution is 2.21. The smallest absolute Gasteiger partial charge is 0.0862 e. The maximum absolute atomic E-state index is 10.5. The van der Waals surface area contributed by atoms with E-state index in [0.717, 1.165) is 41.3 Å². The lowest BCUT2D eigenvalue weighted by Gasteiger charge is -2.14. The molecular formula is C16H23N3O. The number of nitrogens with zero attached hydrogens (tertiary/aromatic N) is 3. The summed E-state index contributed by atoms with van der Waals surface area (Å²) in [6, 6.07) is 6.00. The van der Waals surface area contributed by atoms with E-state index in [1.807, 2.05) is 30.7 Å². The van der Waals surface area contributed by atoms with Gasteiger partial charge in [-0.15, -0.1) is 0 Å². The summed E-state index contributed by atoms with van der Waals surface area (Å²) in [4.78, 5) is 4.42. The summed E-state index contributed by atoms with van der Waals surface area (Å²) in [7, 11) is 0. The number of hydrogen-bond acceptors (Lipinski definition) is 3. The van der Waals surface area contributed by atoms with Crippen LogP contribution in [0.1, 0.15) is 48.3 Å². The molecule has 108 valence electrons. The molecular weight excluding hydrogens is 250 g/mol. The molecule has 2 heterocycles. The molecule has 20 heavy (non-hydrogen) atoms. The zero-order chi connectivity index (χ0) is 14.7. The highest BCUT2D eigenvalue weighted by molar-refractivity contribution is 5.25. The average molecular weight is 273 g/mol. The van der Waals surface area contributed by atoms with E-state index in [-0.39, 0.29) is 0 Å². The van der Waals surface area contributed by atoms with E-state index >= 15 is 0 Å². The van der Waals surface area contributed by atoms with Gasteiger partial charge in [0.05, 0.1) is 11.8 Å². The van der Waals surface area contributed by atoms with Gasteiger partial charge in [0.1, 0.15) is 0 Å². The van der Waals surface area contributed by atoms with Gasteiger partial charge in [-0.2, -0.15) is 5.10 Å². The van der Waals surface area contributed by atoms with Crippen molar-refractivity contribution in [2.45, 2.75) is 53.2 Å². The van der Waals surface area contributed by atoms with Crippen molar-refractivity contribution in [1.82, 2.24) is 14.8 Å². The van der Waals surface area contributed by atoms with Crippen LogP contribution in [-0.4, -0.2) is 19.9 Å². The van der Waals surface area contributed by atoms with Crippen molar-refractivity contribution in [1.29, 1.82) is 0 Å². The van der Waals surface area contributed by atoms with E-state index in [9.17, 15) is 5.11 Å². The van der Waals surface area contributed by atoms with Crippen molar-refractivity contribution in [3.63, 3.8) is 0 Å². The maximum atomic E-state index is 10.5. The van der Waals surface area contributed by atoms with Gasteiger partial charge in [-0.3, -0.25) is 9.67 Å². The molecule has 2 aromatic rings. The molecule has 0 aliphatic heterocycles. The molecule has 0 saturated carbocycles. The van der Waals surface area contributed by atoms with Crippen LogP contribution in [-0.2, 0) is 19.4 Å². The number of aliphatic hydroxyl groups is 1. The predicted octanol–water partition coefficient (Wildman–Crippen LogP) is 2.75. The van der Waals surface area contributed by atoms with Crippen molar-refractivity contribution >= 4 is 0 Å². The number of pyridine rings is 1. The number of aryl methyl sites for hydroxylation is 4. The average Bonchev–Trinajstić information content (AvgIpc) is 2.80. The normalized spacial score (nSPS) is 12.7. The first-order valence-corrected chi connectivity index (χ1v) is 7.23. The van der Waals surface area contributed by atoms with Crippen LogP contribution in [0.3, 0.4) is 0 Å². The van der Waals surface area contributed by atoms with Gasteiger partial charge in [0.15, 0.2) is 0 Å². The molecule has 4 nitrogen and oxygen atoms in total. The van der Waals surface area contributed by atoms with Gasteiger partial charge in [-0.25, -0.2) is 0 Å².